The highest BCUT2D eigenvalue weighted by atomic mass is 79.9. The number of rotatable bonds is 2. The monoisotopic (exact) mass is 367 g/mol. The van der Waals surface area contributed by atoms with Crippen molar-refractivity contribution in [2.75, 3.05) is 7.05 Å². The quantitative estimate of drug-likeness (QED) is 0.814. The first-order valence-electron chi connectivity index (χ1n) is 6.70. The van der Waals surface area contributed by atoms with Crippen molar-refractivity contribution in [1.29, 1.82) is 0 Å². The van der Waals surface area contributed by atoms with E-state index >= 15 is 0 Å². The number of ether oxygens (including phenoxy) is 1. The normalized spacial score (nSPS) is 20.7. The van der Waals surface area contributed by atoms with Gasteiger partial charge in [-0.1, -0.05) is 39.7 Å². The lowest BCUT2D eigenvalue weighted by Crippen LogP contribution is -2.26. The molecule has 1 aliphatic rings. The number of nitrogens with one attached hydrogen (secondary N) is 1. The maximum atomic E-state index is 9.54. The molecular formula is C16H15BrClNO2. The van der Waals surface area contributed by atoms with E-state index in [0.717, 1.165) is 27.8 Å². The second kappa shape index (κ2) is 5.87. The zero-order chi connectivity index (χ0) is 15.0. The summed E-state index contributed by atoms with van der Waals surface area (Å²) in [5.74, 6) is 0.953. The van der Waals surface area contributed by atoms with Crippen LogP contribution in [0.25, 0.3) is 0 Å². The third-order valence-electron chi connectivity index (χ3n) is 3.76. The first-order valence-corrected chi connectivity index (χ1v) is 7.87. The van der Waals surface area contributed by atoms with Gasteiger partial charge in [-0.3, -0.25) is 0 Å². The molecule has 21 heavy (non-hydrogen) atoms. The molecule has 3 nitrogen and oxygen atoms in total. The fourth-order valence-electron chi connectivity index (χ4n) is 2.64. The highest BCUT2D eigenvalue weighted by Gasteiger charge is 2.28. The third-order valence-corrected chi connectivity index (χ3v) is 4.56. The van der Waals surface area contributed by atoms with E-state index in [2.05, 4.69) is 27.3 Å². The largest absolute Gasteiger partial charge is 0.506 e. The first kappa shape index (κ1) is 14.7. The van der Waals surface area contributed by atoms with Gasteiger partial charge in [0.2, 0.25) is 0 Å². The van der Waals surface area contributed by atoms with Crippen molar-refractivity contribution in [3.05, 3.63) is 57.0 Å². The summed E-state index contributed by atoms with van der Waals surface area (Å²) < 4.78 is 7.10. The number of hydrogen-bond acceptors (Lipinski definition) is 3. The molecule has 3 rings (SSSR count). The van der Waals surface area contributed by atoms with Crippen molar-refractivity contribution >= 4 is 27.5 Å². The Balaban J connectivity index is 1.97. The third kappa shape index (κ3) is 2.89. The number of halogens is 2. The summed E-state index contributed by atoms with van der Waals surface area (Å²) in [5.41, 5.74) is 2.12. The molecule has 0 amide bonds. The molecular weight excluding hydrogens is 354 g/mol. The van der Waals surface area contributed by atoms with Crippen molar-refractivity contribution in [2.24, 2.45) is 0 Å². The van der Waals surface area contributed by atoms with Gasteiger partial charge in [0.1, 0.15) is 17.6 Å². The Bertz CT molecular complexity index is 677. The molecule has 2 aromatic carbocycles. The van der Waals surface area contributed by atoms with Crippen molar-refractivity contribution in [3.8, 4) is 11.5 Å². The number of phenolic OH excluding ortho intramolecular Hbond substituents is 1. The van der Waals surface area contributed by atoms with E-state index in [-0.39, 0.29) is 17.9 Å². The lowest BCUT2D eigenvalue weighted by Gasteiger charge is -2.32. The van der Waals surface area contributed by atoms with Crippen LogP contribution in [0.5, 0.6) is 11.5 Å². The Labute approximate surface area is 137 Å². The van der Waals surface area contributed by atoms with Gasteiger partial charge in [-0.05, 0) is 36.9 Å². The average Bonchev–Trinajstić information content (AvgIpc) is 2.48. The van der Waals surface area contributed by atoms with Crippen LogP contribution in [0.2, 0.25) is 5.02 Å². The summed E-state index contributed by atoms with van der Waals surface area (Å²) >= 11 is 9.48. The van der Waals surface area contributed by atoms with Crippen LogP contribution in [0.15, 0.2) is 40.9 Å². The molecule has 2 unspecified atom stereocenters. The lowest BCUT2D eigenvalue weighted by atomic mass is 9.93. The summed E-state index contributed by atoms with van der Waals surface area (Å²) in [4.78, 5) is 0. The number of aromatic hydroxyl groups is 1. The summed E-state index contributed by atoms with van der Waals surface area (Å²) in [6.45, 7) is 0. The number of benzene rings is 2. The zero-order valence-electron chi connectivity index (χ0n) is 11.4. The topological polar surface area (TPSA) is 41.5 Å². The van der Waals surface area contributed by atoms with E-state index in [4.69, 9.17) is 16.3 Å². The van der Waals surface area contributed by atoms with Crippen molar-refractivity contribution in [3.63, 3.8) is 0 Å². The highest BCUT2D eigenvalue weighted by molar-refractivity contribution is 9.10. The lowest BCUT2D eigenvalue weighted by molar-refractivity contribution is 0.153. The Morgan fingerprint density at radius 2 is 2.10 bits per heavy atom. The Hall–Kier alpha value is -1.23. The van der Waals surface area contributed by atoms with Crippen LogP contribution in [0.1, 0.15) is 29.7 Å². The maximum absolute atomic E-state index is 9.54. The van der Waals surface area contributed by atoms with E-state index in [9.17, 15) is 5.11 Å². The summed E-state index contributed by atoms with van der Waals surface area (Å²) in [6.07, 6.45) is 0.717. The standard InChI is InChI=1S/C16H15BrClNO2/c1-19-13-8-15(9-2-5-14(20)12(18)6-9)21-16-7-10(17)3-4-11(13)16/h2-7,13,15,19-20H,8H2,1H3. The minimum atomic E-state index is -0.0950. The number of hydrogen-bond donors (Lipinski definition) is 2. The molecule has 5 heteroatoms. The highest BCUT2D eigenvalue weighted by Crippen LogP contribution is 2.42. The molecule has 2 atom stereocenters. The SMILES string of the molecule is CNC1CC(c2ccc(O)c(Cl)c2)Oc2cc(Br)ccc21. The number of fused-ring (bicyclic) bond motifs is 1. The molecule has 0 bridgehead atoms. The van der Waals surface area contributed by atoms with Gasteiger partial charge in [0.15, 0.2) is 0 Å². The van der Waals surface area contributed by atoms with E-state index < -0.39 is 0 Å². The van der Waals surface area contributed by atoms with Crippen LogP contribution in [-0.2, 0) is 0 Å². The van der Waals surface area contributed by atoms with Gasteiger partial charge in [0, 0.05) is 22.5 Å². The van der Waals surface area contributed by atoms with Crippen LogP contribution >= 0.6 is 27.5 Å². The van der Waals surface area contributed by atoms with Crippen molar-refractivity contribution < 1.29 is 9.84 Å². The first-order chi connectivity index (χ1) is 10.1. The Morgan fingerprint density at radius 1 is 1.29 bits per heavy atom. The zero-order valence-corrected chi connectivity index (χ0v) is 13.8. The molecule has 0 radical (unpaired) electrons. The Morgan fingerprint density at radius 3 is 2.81 bits per heavy atom. The summed E-state index contributed by atoms with van der Waals surface area (Å²) in [6, 6.07) is 11.5. The molecule has 2 N–H and O–H groups in total. The molecule has 0 aromatic heterocycles. The Kier molecular flexibility index (Phi) is 4.11. The van der Waals surface area contributed by atoms with Gasteiger partial charge in [-0.25, -0.2) is 0 Å². The van der Waals surface area contributed by atoms with Crippen LogP contribution in [0, 0.1) is 0 Å². The second-order valence-electron chi connectivity index (χ2n) is 5.08. The van der Waals surface area contributed by atoms with Gasteiger partial charge in [0.25, 0.3) is 0 Å². The van der Waals surface area contributed by atoms with Gasteiger partial charge < -0.3 is 15.2 Å². The molecule has 0 spiro atoms. The molecule has 0 fully saturated rings. The molecule has 0 aliphatic carbocycles. The van der Waals surface area contributed by atoms with Crippen LogP contribution < -0.4 is 10.1 Å². The minimum Gasteiger partial charge on any atom is -0.506 e. The molecule has 110 valence electrons. The molecule has 0 saturated heterocycles. The van der Waals surface area contributed by atoms with Gasteiger partial charge in [-0.2, -0.15) is 0 Å². The summed E-state index contributed by atoms with van der Waals surface area (Å²) in [5, 5.41) is 13.2. The molecule has 1 aliphatic heterocycles. The fourth-order valence-corrected chi connectivity index (χ4v) is 3.17. The van der Waals surface area contributed by atoms with Crippen LogP contribution in [0.3, 0.4) is 0 Å². The van der Waals surface area contributed by atoms with E-state index in [0.29, 0.717) is 5.02 Å². The predicted octanol–water partition coefficient (Wildman–Crippen LogP) is 4.59. The van der Waals surface area contributed by atoms with Gasteiger partial charge in [0.05, 0.1) is 5.02 Å². The van der Waals surface area contributed by atoms with Gasteiger partial charge >= 0.3 is 0 Å². The second-order valence-corrected chi connectivity index (χ2v) is 6.40. The van der Waals surface area contributed by atoms with Crippen LogP contribution in [0.4, 0.5) is 0 Å². The smallest absolute Gasteiger partial charge is 0.134 e. The number of phenols is 1. The van der Waals surface area contributed by atoms with Gasteiger partial charge in [-0.15, -0.1) is 0 Å². The summed E-state index contributed by atoms with van der Waals surface area (Å²) in [7, 11) is 1.95. The van der Waals surface area contributed by atoms with E-state index in [1.165, 1.54) is 0 Å². The minimum absolute atomic E-state index is 0.0875. The fraction of sp³-hybridized carbons (Fsp3) is 0.250. The van der Waals surface area contributed by atoms with E-state index in [1.807, 2.05) is 25.2 Å². The molecule has 0 saturated carbocycles. The maximum Gasteiger partial charge on any atom is 0.134 e. The van der Waals surface area contributed by atoms with E-state index in [1.54, 1.807) is 12.1 Å². The average molecular weight is 369 g/mol. The van der Waals surface area contributed by atoms with Crippen LogP contribution in [-0.4, -0.2) is 12.2 Å². The predicted molar refractivity (Wildman–Crippen MR) is 87.0 cm³/mol. The van der Waals surface area contributed by atoms with Crippen molar-refractivity contribution in [1.82, 2.24) is 5.32 Å². The van der Waals surface area contributed by atoms with Crippen molar-refractivity contribution in [2.45, 2.75) is 18.6 Å². The molecule has 1 heterocycles. The molecule has 2 aromatic rings.